The van der Waals surface area contributed by atoms with Gasteiger partial charge in [0.15, 0.2) is 6.61 Å². The van der Waals surface area contributed by atoms with Crippen LogP contribution >= 0.6 is 0 Å². The van der Waals surface area contributed by atoms with Crippen molar-refractivity contribution in [3.05, 3.63) is 34.4 Å². The predicted octanol–water partition coefficient (Wildman–Crippen LogP) is 0.480. The molecule has 0 spiro atoms. The summed E-state index contributed by atoms with van der Waals surface area (Å²) in [6.07, 6.45) is 1.00. The number of carbonyl (C=O) groups excluding carboxylic acids is 1. The quantitative estimate of drug-likeness (QED) is 0.622. The second kappa shape index (κ2) is 7.59. The number of ether oxygens (including phenoxy) is 1. The number of benzene rings is 1. The first-order valence-corrected chi connectivity index (χ1v) is 8.23. The molecule has 1 aromatic carbocycles. The van der Waals surface area contributed by atoms with E-state index in [2.05, 4.69) is 10.2 Å². The molecule has 2 fully saturated rings. The molecule has 0 aliphatic carbocycles. The predicted molar refractivity (Wildman–Crippen MR) is 88.0 cm³/mol. The molecule has 1 amide bonds. The largest absolute Gasteiger partial charge is 0.484 e. The number of hydrogen-bond donors (Lipinski definition) is 1. The van der Waals surface area contributed by atoms with Crippen LogP contribution in [0.3, 0.4) is 0 Å². The van der Waals surface area contributed by atoms with Crippen molar-refractivity contribution in [3.8, 4) is 5.75 Å². The minimum Gasteiger partial charge on any atom is -0.484 e. The third-order valence-electron chi connectivity index (χ3n) is 4.59. The first-order valence-electron chi connectivity index (χ1n) is 8.23. The number of nitro benzene ring substituents is 1. The van der Waals surface area contributed by atoms with Crippen molar-refractivity contribution in [3.63, 3.8) is 0 Å². The van der Waals surface area contributed by atoms with Gasteiger partial charge in [-0.25, -0.2) is 0 Å². The zero-order valence-corrected chi connectivity index (χ0v) is 13.5. The highest BCUT2D eigenvalue weighted by atomic mass is 16.6. The van der Waals surface area contributed by atoms with Crippen LogP contribution in [0.15, 0.2) is 24.3 Å². The van der Waals surface area contributed by atoms with Gasteiger partial charge in [-0.05, 0) is 18.6 Å². The van der Waals surface area contributed by atoms with E-state index in [-0.39, 0.29) is 18.2 Å². The number of hydrogen-bond acceptors (Lipinski definition) is 6. The Hall–Kier alpha value is -2.19. The van der Waals surface area contributed by atoms with Crippen molar-refractivity contribution >= 4 is 11.6 Å². The van der Waals surface area contributed by atoms with Gasteiger partial charge in [-0.2, -0.15) is 0 Å². The molecular formula is C16H22N4O4. The Balaban J connectivity index is 1.46. The highest BCUT2D eigenvalue weighted by Gasteiger charge is 2.30. The Labute approximate surface area is 140 Å². The Bertz CT molecular complexity index is 586. The summed E-state index contributed by atoms with van der Waals surface area (Å²) in [5, 5.41) is 13.9. The van der Waals surface area contributed by atoms with Gasteiger partial charge in [0.2, 0.25) is 0 Å². The van der Waals surface area contributed by atoms with E-state index in [0.29, 0.717) is 11.8 Å². The molecule has 1 atom stereocenters. The lowest BCUT2D eigenvalue weighted by Crippen LogP contribution is -2.49. The first-order chi connectivity index (χ1) is 11.6. The highest BCUT2D eigenvalue weighted by Crippen LogP contribution is 2.19. The Morgan fingerprint density at radius 1 is 1.25 bits per heavy atom. The minimum atomic E-state index is -0.463. The van der Waals surface area contributed by atoms with Crippen molar-refractivity contribution in [1.82, 2.24) is 15.1 Å². The normalized spacial score (nSPS) is 21.7. The van der Waals surface area contributed by atoms with Gasteiger partial charge in [0.1, 0.15) is 5.75 Å². The first kappa shape index (κ1) is 16.7. The second-order valence-electron chi connectivity index (χ2n) is 6.11. The smallest absolute Gasteiger partial charge is 0.269 e. The monoisotopic (exact) mass is 334 g/mol. The van der Waals surface area contributed by atoms with Crippen LogP contribution in [-0.2, 0) is 4.79 Å². The van der Waals surface area contributed by atoms with Crippen LogP contribution in [0.25, 0.3) is 0 Å². The molecule has 1 N–H and O–H groups in total. The van der Waals surface area contributed by atoms with Gasteiger partial charge >= 0.3 is 0 Å². The fraction of sp³-hybridized carbons (Fsp3) is 0.562. The van der Waals surface area contributed by atoms with Crippen LogP contribution in [0.2, 0.25) is 0 Å². The summed E-state index contributed by atoms with van der Waals surface area (Å²) in [6.45, 7) is 5.56. The van der Waals surface area contributed by atoms with Gasteiger partial charge in [-0.1, -0.05) is 0 Å². The fourth-order valence-electron chi connectivity index (χ4n) is 3.21. The Kier molecular flexibility index (Phi) is 5.27. The minimum absolute atomic E-state index is 0.00656. The number of carbonyl (C=O) groups is 1. The van der Waals surface area contributed by atoms with E-state index in [0.717, 1.165) is 45.7 Å². The van der Waals surface area contributed by atoms with Crippen molar-refractivity contribution in [2.24, 2.45) is 0 Å². The Morgan fingerprint density at radius 3 is 2.62 bits per heavy atom. The molecule has 8 heteroatoms. The third-order valence-corrected chi connectivity index (χ3v) is 4.59. The SMILES string of the molecule is O=C(COc1ccc([N+](=O)[O-])cc1)N1CCC(N2CCNCC2)C1. The van der Waals surface area contributed by atoms with Crippen LogP contribution in [0.5, 0.6) is 5.75 Å². The van der Waals surface area contributed by atoms with Crippen molar-refractivity contribution in [2.75, 3.05) is 45.9 Å². The van der Waals surface area contributed by atoms with Crippen LogP contribution in [0, 0.1) is 10.1 Å². The number of amides is 1. The second-order valence-corrected chi connectivity index (χ2v) is 6.11. The molecule has 1 aromatic rings. The lowest BCUT2D eigenvalue weighted by molar-refractivity contribution is -0.384. The summed E-state index contributed by atoms with van der Waals surface area (Å²) in [6, 6.07) is 6.21. The van der Waals surface area contributed by atoms with Gasteiger partial charge in [-0.3, -0.25) is 19.8 Å². The number of nitrogens with zero attached hydrogens (tertiary/aromatic N) is 3. The molecule has 0 aromatic heterocycles. The molecule has 130 valence electrons. The van der Waals surface area contributed by atoms with E-state index >= 15 is 0 Å². The van der Waals surface area contributed by atoms with E-state index in [1.165, 1.54) is 24.3 Å². The van der Waals surface area contributed by atoms with Gasteiger partial charge in [0.25, 0.3) is 11.6 Å². The number of piperazine rings is 1. The van der Waals surface area contributed by atoms with Crippen LogP contribution in [0.1, 0.15) is 6.42 Å². The van der Waals surface area contributed by atoms with Crippen LogP contribution in [-0.4, -0.2) is 72.5 Å². The average Bonchev–Trinajstić information content (AvgIpc) is 3.11. The molecule has 2 aliphatic rings. The molecule has 3 rings (SSSR count). The Morgan fingerprint density at radius 2 is 1.96 bits per heavy atom. The fourth-order valence-corrected chi connectivity index (χ4v) is 3.21. The maximum atomic E-state index is 12.3. The number of non-ortho nitro benzene ring substituents is 1. The number of nitrogens with one attached hydrogen (secondary N) is 1. The summed E-state index contributed by atoms with van der Waals surface area (Å²) < 4.78 is 5.46. The van der Waals surface area contributed by atoms with Crippen LogP contribution in [0.4, 0.5) is 5.69 Å². The topological polar surface area (TPSA) is 87.9 Å². The van der Waals surface area contributed by atoms with E-state index < -0.39 is 4.92 Å². The molecule has 8 nitrogen and oxygen atoms in total. The van der Waals surface area contributed by atoms with E-state index in [1.807, 2.05) is 4.90 Å². The maximum Gasteiger partial charge on any atom is 0.269 e. The molecule has 1 unspecified atom stereocenters. The molecule has 24 heavy (non-hydrogen) atoms. The van der Waals surface area contributed by atoms with Crippen LogP contribution < -0.4 is 10.1 Å². The average molecular weight is 334 g/mol. The van der Waals surface area contributed by atoms with Gasteiger partial charge in [-0.15, -0.1) is 0 Å². The van der Waals surface area contributed by atoms with E-state index in [1.54, 1.807) is 0 Å². The molecular weight excluding hydrogens is 312 g/mol. The summed E-state index contributed by atoms with van der Waals surface area (Å²) >= 11 is 0. The number of nitro groups is 1. The van der Waals surface area contributed by atoms with Crippen molar-refractivity contribution in [2.45, 2.75) is 12.5 Å². The lowest BCUT2D eigenvalue weighted by atomic mass is 10.2. The summed E-state index contributed by atoms with van der Waals surface area (Å²) in [4.78, 5) is 26.7. The summed E-state index contributed by atoms with van der Waals surface area (Å²) in [7, 11) is 0. The third kappa shape index (κ3) is 4.01. The summed E-state index contributed by atoms with van der Waals surface area (Å²) in [5.41, 5.74) is 0.00656. The highest BCUT2D eigenvalue weighted by molar-refractivity contribution is 5.78. The van der Waals surface area contributed by atoms with Gasteiger partial charge in [0.05, 0.1) is 4.92 Å². The maximum absolute atomic E-state index is 12.3. The van der Waals surface area contributed by atoms with Crippen molar-refractivity contribution < 1.29 is 14.5 Å². The molecule has 0 saturated carbocycles. The van der Waals surface area contributed by atoms with Gasteiger partial charge in [0, 0.05) is 57.4 Å². The summed E-state index contributed by atoms with van der Waals surface area (Å²) in [5.74, 6) is 0.429. The van der Waals surface area contributed by atoms with Gasteiger partial charge < -0.3 is 15.0 Å². The number of rotatable bonds is 5. The standard InChI is InChI=1S/C16H22N4O4/c21-16(12-24-15-3-1-13(2-4-15)20(22)23)19-8-5-14(11-19)18-9-6-17-7-10-18/h1-4,14,17H,5-12H2. The van der Waals surface area contributed by atoms with E-state index in [9.17, 15) is 14.9 Å². The molecule has 2 heterocycles. The zero-order chi connectivity index (χ0) is 16.9. The van der Waals surface area contributed by atoms with E-state index in [4.69, 9.17) is 4.74 Å². The zero-order valence-electron chi connectivity index (χ0n) is 13.5. The number of likely N-dealkylation sites (tertiary alicyclic amines) is 1. The van der Waals surface area contributed by atoms with Crippen molar-refractivity contribution in [1.29, 1.82) is 0 Å². The molecule has 2 aliphatic heterocycles. The lowest BCUT2D eigenvalue weighted by Gasteiger charge is -2.32. The molecule has 0 radical (unpaired) electrons. The molecule has 2 saturated heterocycles. The molecule has 0 bridgehead atoms.